The number of aromatic amines is 1. The summed E-state index contributed by atoms with van der Waals surface area (Å²) < 4.78 is 1.18. The zero-order valence-electron chi connectivity index (χ0n) is 21.1. The van der Waals surface area contributed by atoms with Gasteiger partial charge in [0.15, 0.2) is 0 Å². The molecule has 9 nitrogen and oxygen atoms in total. The molecule has 4 aromatic rings. The molecule has 2 fully saturated rings. The van der Waals surface area contributed by atoms with E-state index in [1.54, 1.807) is 28.6 Å². The lowest BCUT2D eigenvalue weighted by Gasteiger charge is -2.38. The molecule has 0 spiro atoms. The van der Waals surface area contributed by atoms with Crippen LogP contribution < -0.4 is 5.32 Å². The molecule has 3 aromatic heterocycles. The summed E-state index contributed by atoms with van der Waals surface area (Å²) in [6, 6.07) is 6.20. The summed E-state index contributed by atoms with van der Waals surface area (Å²) >= 11 is 1.79. The van der Waals surface area contributed by atoms with E-state index in [-0.39, 0.29) is 6.04 Å². The minimum Gasteiger partial charge on any atom is -0.327 e. The third kappa shape index (κ3) is 4.71. The van der Waals surface area contributed by atoms with E-state index in [0.717, 1.165) is 49.9 Å². The first-order valence-electron chi connectivity index (χ1n) is 12.9. The van der Waals surface area contributed by atoms with Crippen LogP contribution >= 0.6 is 11.3 Å². The molecule has 5 heterocycles. The van der Waals surface area contributed by atoms with Crippen molar-refractivity contribution in [2.75, 3.05) is 32.0 Å². The molecular weight excluding hydrogens is 486 g/mol. The van der Waals surface area contributed by atoms with Crippen LogP contribution in [-0.4, -0.2) is 68.5 Å². The van der Waals surface area contributed by atoms with E-state index in [1.807, 2.05) is 0 Å². The van der Waals surface area contributed by atoms with E-state index in [1.165, 1.54) is 15.9 Å². The Morgan fingerprint density at radius 2 is 1.95 bits per heavy atom. The zero-order chi connectivity index (χ0) is 25.5. The lowest BCUT2D eigenvalue weighted by molar-refractivity contribution is -0.146. The molecule has 37 heavy (non-hydrogen) atoms. The predicted molar refractivity (Wildman–Crippen MR) is 144 cm³/mol. The molecule has 2 aliphatic rings. The fraction of sp³-hybridized carbons (Fsp3) is 0.444. The van der Waals surface area contributed by atoms with Crippen molar-refractivity contribution in [3.63, 3.8) is 0 Å². The fourth-order valence-corrected chi connectivity index (χ4v) is 6.71. The number of aromatic nitrogens is 4. The van der Waals surface area contributed by atoms with Crippen LogP contribution in [0.5, 0.6) is 0 Å². The Morgan fingerprint density at radius 1 is 1.11 bits per heavy atom. The Bertz CT molecular complexity index is 1460. The maximum absolute atomic E-state index is 13.5. The number of H-pyrrole nitrogens is 1. The Labute approximate surface area is 219 Å². The molecule has 6 rings (SSSR count). The van der Waals surface area contributed by atoms with E-state index < -0.39 is 11.8 Å². The van der Waals surface area contributed by atoms with Crippen molar-refractivity contribution in [2.45, 2.75) is 44.6 Å². The van der Waals surface area contributed by atoms with Gasteiger partial charge in [0.25, 0.3) is 0 Å². The van der Waals surface area contributed by atoms with Gasteiger partial charge in [0.05, 0.1) is 51.1 Å². The lowest BCUT2D eigenvalue weighted by Crippen LogP contribution is -2.46. The van der Waals surface area contributed by atoms with Gasteiger partial charge in [0.1, 0.15) is 0 Å². The molecule has 0 saturated carbocycles. The largest absolute Gasteiger partial charge is 0.327 e. The average Bonchev–Trinajstić information content (AvgIpc) is 3.56. The average molecular weight is 518 g/mol. The van der Waals surface area contributed by atoms with Crippen LogP contribution in [-0.2, 0) is 9.59 Å². The number of carbonyl (C=O) groups excluding carboxylic acids is 2. The molecule has 0 radical (unpaired) electrons. The normalized spacial score (nSPS) is 21.5. The molecule has 192 valence electrons. The van der Waals surface area contributed by atoms with Crippen molar-refractivity contribution in [3.05, 3.63) is 47.4 Å². The highest BCUT2D eigenvalue weighted by Gasteiger charge is 2.35. The van der Waals surface area contributed by atoms with E-state index in [2.05, 4.69) is 57.6 Å². The van der Waals surface area contributed by atoms with Crippen LogP contribution in [0.1, 0.15) is 55.1 Å². The van der Waals surface area contributed by atoms with Crippen LogP contribution in [0.4, 0.5) is 5.69 Å². The number of amides is 2. The van der Waals surface area contributed by atoms with Gasteiger partial charge in [0.2, 0.25) is 0 Å². The van der Waals surface area contributed by atoms with Gasteiger partial charge in [-0.05, 0) is 69.4 Å². The SMILES string of the molecule is C[C@H]1CC[C@H](c2ccc3sc(C4CCN(C)CC4)nc3c2)N(C(=O)C(=O)Nc2cncc3[nH]ncc23)C1. The number of carbonyl (C=O) groups is 2. The highest BCUT2D eigenvalue weighted by molar-refractivity contribution is 7.18. The summed E-state index contributed by atoms with van der Waals surface area (Å²) in [7, 11) is 2.17. The van der Waals surface area contributed by atoms with Crippen LogP contribution in [0.3, 0.4) is 0 Å². The number of hydrogen-bond donors (Lipinski definition) is 2. The summed E-state index contributed by atoms with van der Waals surface area (Å²) in [6.45, 7) is 4.88. The van der Waals surface area contributed by atoms with Crippen molar-refractivity contribution in [1.82, 2.24) is 30.0 Å². The summed E-state index contributed by atoms with van der Waals surface area (Å²) in [6.07, 6.45) is 8.89. The molecule has 0 unspecified atom stereocenters. The number of fused-ring (bicyclic) bond motifs is 2. The van der Waals surface area contributed by atoms with Gasteiger partial charge in [-0.2, -0.15) is 5.10 Å². The molecule has 2 saturated heterocycles. The number of benzene rings is 1. The molecule has 1 aromatic carbocycles. The van der Waals surface area contributed by atoms with Crippen molar-refractivity contribution in [2.24, 2.45) is 5.92 Å². The molecular formula is C27H31N7O2S. The van der Waals surface area contributed by atoms with E-state index in [0.29, 0.717) is 35.0 Å². The third-order valence-electron chi connectivity index (χ3n) is 7.77. The van der Waals surface area contributed by atoms with Gasteiger partial charge in [0, 0.05) is 17.8 Å². The second-order valence-electron chi connectivity index (χ2n) is 10.5. The number of rotatable bonds is 3. The Morgan fingerprint density at radius 3 is 2.78 bits per heavy atom. The number of nitrogens with zero attached hydrogens (tertiary/aromatic N) is 5. The number of likely N-dealkylation sites (tertiary alicyclic amines) is 2. The van der Waals surface area contributed by atoms with Gasteiger partial charge in [-0.3, -0.25) is 19.7 Å². The summed E-state index contributed by atoms with van der Waals surface area (Å²) in [5.41, 5.74) is 3.20. The van der Waals surface area contributed by atoms with Crippen LogP contribution in [0.2, 0.25) is 0 Å². The molecule has 2 N–H and O–H groups in total. The number of nitrogens with one attached hydrogen (secondary N) is 2. The van der Waals surface area contributed by atoms with Gasteiger partial charge < -0.3 is 15.1 Å². The summed E-state index contributed by atoms with van der Waals surface area (Å²) in [5.74, 6) is -0.342. The molecule has 0 aliphatic carbocycles. The molecule has 2 amide bonds. The third-order valence-corrected chi connectivity index (χ3v) is 8.97. The zero-order valence-corrected chi connectivity index (χ0v) is 21.9. The summed E-state index contributed by atoms with van der Waals surface area (Å²) in [5, 5.41) is 11.5. The number of thiazole rings is 1. The maximum Gasteiger partial charge on any atom is 0.313 e. The van der Waals surface area contributed by atoms with Crippen LogP contribution in [0.15, 0.2) is 36.8 Å². The molecule has 10 heteroatoms. The highest BCUT2D eigenvalue weighted by atomic mass is 32.1. The second-order valence-corrected chi connectivity index (χ2v) is 11.5. The number of hydrogen-bond acceptors (Lipinski definition) is 7. The van der Waals surface area contributed by atoms with E-state index in [4.69, 9.17) is 4.98 Å². The lowest BCUT2D eigenvalue weighted by atomic mass is 9.89. The van der Waals surface area contributed by atoms with Crippen molar-refractivity contribution in [1.29, 1.82) is 0 Å². The van der Waals surface area contributed by atoms with Crippen LogP contribution in [0, 0.1) is 5.92 Å². The standard InChI is InChI=1S/C27H31N7O2S/c1-16-3-5-23(18-4-6-24-20(11-18)31-26(37-24)17-7-9-33(2)10-8-17)34(15-16)27(36)25(35)30-21-13-28-14-22-19(21)12-29-32-22/h4,6,11-14,16-17,23H,3,5,7-10,15H2,1-2H3,(H,29,32)(H,30,35)/t16-,23+/m0/s1. The van der Waals surface area contributed by atoms with Crippen molar-refractivity contribution in [3.8, 4) is 0 Å². The molecule has 0 bridgehead atoms. The van der Waals surface area contributed by atoms with E-state index in [9.17, 15) is 9.59 Å². The van der Waals surface area contributed by atoms with Gasteiger partial charge in [-0.1, -0.05) is 13.0 Å². The number of anilines is 1. The Hall–Kier alpha value is -3.37. The Balaban J connectivity index is 1.24. The van der Waals surface area contributed by atoms with Gasteiger partial charge in [-0.15, -0.1) is 11.3 Å². The maximum atomic E-state index is 13.5. The highest BCUT2D eigenvalue weighted by Crippen LogP contribution is 2.38. The molecule has 2 atom stereocenters. The Kier molecular flexibility index (Phi) is 6.37. The van der Waals surface area contributed by atoms with Crippen molar-refractivity contribution >= 4 is 50.0 Å². The topological polar surface area (TPSA) is 107 Å². The minimum atomic E-state index is -0.658. The smallest absolute Gasteiger partial charge is 0.313 e. The summed E-state index contributed by atoms with van der Waals surface area (Å²) in [4.78, 5) is 39.8. The number of pyridine rings is 1. The first-order valence-corrected chi connectivity index (χ1v) is 13.8. The van der Waals surface area contributed by atoms with Gasteiger partial charge >= 0.3 is 11.8 Å². The quantitative estimate of drug-likeness (QED) is 0.392. The number of piperidine rings is 2. The minimum absolute atomic E-state index is 0.157. The van der Waals surface area contributed by atoms with Gasteiger partial charge in [-0.25, -0.2) is 4.98 Å². The second kappa shape index (κ2) is 9.83. The molecule has 2 aliphatic heterocycles. The fourth-order valence-electron chi connectivity index (χ4n) is 5.59. The van der Waals surface area contributed by atoms with E-state index >= 15 is 0 Å². The first-order chi connectivity index (χ1) is 18.0. The predicted octanol–water partition coefficient (Wildman–Crippen LogP) is 4.32. The van der Waals surface area contributed by atoms with Crippen LogP contribution in [0.25, 0.3) is 21.1 Å². The monoisotopic (exact) mass is 517 g/mol. The van der Waals surface area contributed by atoms with Crippen molar-refractivity contribution < 1.29 is 9.59 Å². The first kappa shape index (κ1) is 24.0.